The second-order valence-corrected chi connectivity index (χ2v) is 7.90. The van der Waals surface area contributed by atoms with Crippen molar-refractivity contribution in [3.63, 3.8) is 0 Å². The first-order valence-corrected chi connectivity index (χ1v) is 10.4. The molecule has 0 fully saturated rings. The molecular formula is C23H22N6O3. The van der Waals surface area contributed by atoms with Gasteiger partial charge in [0.25, 0.3) is 5.91 Å². The van der Waals surface area contributed by atoms with Gasteiger partial charge < -0.3 is 9.42 Å². The second kappa shape index (κ2) is 8.26. The largest absolute Gasteiger partial charge is 0.346 e. The first-order valence-electron chi connectivity index (χ1n) is 10.4. The van der Waals surface area contributed by atoms with Gasteiger partial charge in [0.15, 0.2) is 5.82 Å². The molecule has 0 bridgehead atoms. The van der Waals surface area contributed by atoms with Gasteiger partial charge >= 0.3 is 5.69 Å². The number of hydrogen-bond donors (Lipinski definition) is 0. The van der Waals surface area contributed by atoms with E-state index in [4.69, 9.17) is 4.52 Å². The molecule has 1 aliphatic heterocycles. The van der Waals surface area contributed by atoms with Crippen molar-refractivity contribution in [2.75, 3.05) is 6.54 Å². The zero-order chi connectivity index (χ0) is 22.1. The average molecular weight is 430 g/mol. The summed E-state index contributed by atoms with van der Waals surface area (Å²) in [5, 5.41) is 8.27. The van der Waals surface area contributed by atoms with Crippen molar-refractivity contribution in [2.45, 2.75) is 33.0 Å². The number of carbonyl (C=O) groups is 1. The number of amides is 1. The first kappa shape index (κ1) is 19.9. The fourth-order valence-corrected chi connectivity index (χ4v) is 3.88. The van der Waals surface area contributed by atoms with Crippen LogP contribution in [0, 0.1) is 6.92 Å². The molecular weight excluding hydrogens is 408 g/mol. The van der Waals surface area contributed by atoms with E-state index in [0.29, 0.717) is 31.9 Å². The molecule has 1 aliphatic rings. The van der Waals surface area contributed by atoms with Gasteiger partial charge in [-0.05, 0) is 18.1 Å². The maximum absolute atomic E-state index is 13.0. The fourth-order valence-electron chi connectivity index (χ4n) is 3.88. The van der Waals surface area contributed by atoms with Crippen LogP contribution >= 0.6 is 0 Å². The molecule has 0 unspecified atom stereocenters. The third-order valence-electron chi connectivity index (χ3n) is 5.45. The third kappa shape index (κ3) is 3.96. The summed E-state index contributed by atoms with van der Waals surface area (Å²) < 4.78 is 7.93. The van der Waals surface area contributed by atoms with Crippen molar-refractivity contribution in [1.29, 1.82) is 0 Å². The van der Waals surface area contributed by atoms with Crippen molar-refractivity contribution in [2.24, 2.45) is 0 Å². The molecule has 2 aromatic heterocycles. The Morgan fingerprint density at radius 1 is 0.969 bits per heavy atom. The van der Waals surface area contributed by atoms with Crippen molar-refractivity contribution in [3.8, 4) is 0 Å². The van der Waals surface area contributed by atoms with Crippen LogP contribution in [0.15, 0.2) is 63.9 Å². The Balaban J connectivity index is 1.32. The van der Waals surface area contributed by atoms with Gasteiger partial charge in [0.05, 0.1) is 0 Å². The number of rotatable bonds is 6. The first-order chi connectivity index (χ1) is 15.6. The molecule has 0 aliphatic carbocycles. The van der Waals surface area contributed by atoms with E-state index >= 15 is 0 Å². The number of benzene rings is 2. The summed E-state index contributed by atoms with van der Waals surface area (Å²) in [6, 6.07) is 17.8. The van der Waals surface area contributed by atoms with E-state index in [9.17, 15) is 9.59 Å². The molecule has 32 heavy (non-hydrogen) atoms. The van der Waals surface area contributed by atoms with Gasteiger partial charge in [-0.3, -0.25) is 9.36 Å². The predicted molar refractivity (Wildman–Crippen MR) is 115 cm³/mol. The van der Waals surface area contributed by atoms with Crippen LogP contribution in [0.25, 0.3) is 0 Å². The normalized spacial score (nSPS) is 13.4. The third-order valence-corrected chi connectivity index (χ3v) is 5.45. The molecule has 9 nitrogen and oxygen atoms in total. The molecule has 162 valence electrons. The number of nitrogens with zero attached hydrogens (tertiary/aromatic N) is 6. The van der Waals surface area contributed by atoms with E-state index in [0.717, 1.165) is 16.7 Å². The highest BCUT2D eigenvalue weighted by Gasteiger charge is 2.30. The lowest BCUT2D eigenvalue weighted by Gasteiger charge is -2.26. The molecule has 1 amide bonds. The molecule has 9 heteroatoms. The molecule has 2 aromatic carbocycles. The molecule has 4 aromatic rings. The molecule has 0 saturated carbocycles. The number of hydrogen-bond acceptors (Lipinski definition) is 6. The molecule has 0 spiro atoms. The van der Waals surface area contributed by atoms with E-state index in [1.165, 1.54) is 9.25 Å². The number of aryl methyl sites for hydroxylation is 1. The molecule has 0 atom stereocenters. The van der Waals surface area contributed by atoms with E-state index in [-0.39, 0.29) is 29.9 Å². The van der Waals surface area contributed by atoms with Gasteiger partial charge in [0, 0.05) is 26.1 Å². The Morgan fingerprint density at radius 2 is 1.78 bits per heavy atom. The Labute approximate surface area is 183 Å². The second-order valence-electron chi connectivity index (χ2n) is 7.90. The highest BCUT2D eigenvalue weighted by molar-refractivity contribution is 5.91. The minimum absolute atomic E-state index is 0.0196. The van der Waals surface area contributed by atoms with Crippen LogP contribution in [0.1, 0.15) is 39.0 Å². The maximum Gasteiger partial charge on any atom is 0.346 e. The van der Waals surface area contributed by atoms with Crippen molar-refractivity contribution in [3.05, 3.63) is 99.3 Å². The highest BCUT2D eigenvalue weighted by atomic mass is 16.5. The lowest BCUT2D eigenvalue weighted by atomic mass is 10.1. The van der Waals surface area contributed by atoms with E-state index in [2.05, 4.69) is 21.3 Å². The van der Waals surface area contributed by atoms with Gasteiger partial charge in [-0.25, -0.2) is 9.48 Å². The predicted octanol–water partition coefficient (Wildman–Crippen LogP) is 2.03. The zero-order valence-corrected chi connectivity index (χ0v) is 17.6. The standard InChI is InChI=1S/C23H22N6O3/c1-16-6-5-9-18(12-16)14-27-10-11-28-21(22(27)30)25-29(23(28)31)15-20-24-19(26-32-20)13-17-7-3-2-4-8-17/h2-9,12H,10-11,13-15H2,1H3. The van der Waals surface area contributed by atoms with E-state index in [1.54, 1.807) is 4.90 Å². The summed E-state index contributed by atoms with van der Waals surface area (Å²) in [7, 11) is 0. The number of aromatic nitrogens is 5. The topological polar surface area (TPSA) is 99.0 Å². The minimum atomic E-state index is -0.355. The van der Waals surface area contributed by atoms with Gasteiger partial charge in [-0.15, -0.1) is 5.10 Å². The number of fused-ring (bicyclic) bond motifs is 1. The lowest BCUT2D eigenvalue weighted by Crippen LogP contribution is -2.42. The monoisotopic (exact) mass is 430 g/mol. The Kier molecular flexibility index (Phi) is 5.14. The SMILES string of the molecule is Cc1cccc(CN2CCn3c(nn(Cc4nc(Cc5ccccc5)no4)c3=O)C2=O)c1. The van der Waals surface area contributed by atoms with Gasteiger partial charge in [0.1, 0.15) is 6.54 Å². The molecule has 3 heterocycles. The Morgan fingerprint density at radius 3 is 2.59 bits per heavy atom. The maximum atomic E-state index is 13.0. The highest BCUT2D eigenvalue weighted by Crippen LogP contribution is 2.14. The van der Waals surface area contributed by atoms with Crippen molar-refractivity contribution in [1.82, 2.24) is 29.4 Å². The molecule has 0 radical (unpaired) electrons. The van der Waals surface area contributed by atoms with Crippen LogP contribution in [0.2, 0.25) is 0 Å². The lowest BCUT2D eigenvalue weighted by molar-refractivity contribution is 0.0681. The summed E-state index contributed by atoms with van der Waals surface area (Å²) in [6.07, 6.45) is 0.533. The Bertz CT molecular complexity index is 1320. The summed E-state index contributed by atoms with van der Waals surface area (Å²) in [4.78, 5) is 31.8. The zero-order valence-electron chi connectivity index (χ0n) is 17.6. The Hall–Kier alpha value is -4.01. The van der Waals surface area contributed by atoms with Crippen LogP contribution in [0.4, 0.5) is 0 Å². The van der Waals surface area contributed by atoms with Crippen molar-refractivity contribution < 1.29 is 9.32 Å². The van der Waals surface area contributed by atoms with Gasteiger partial charge in [-0.2, -0.15) is 4.98 Å². The summed E-state index contributed by atoms with van der Waals surface area (Å²) in [5.41, 5.74) is 2.89. The minimum Gasteiger partial charge on any atom is -0.337 e. The van der Waals surface area contributed by atoms with Crippen LogP contribution < -0.4 is 5.69 Å². The van der Waals surface area contributed by atoms with Crippen LogP contribution in [-0.2, 0) is 26.1 Å². The van der Waals surface area contributed by atoms with Crippen LogP contribution in [0.3, 0.4) is 0 Å². The van der Waals surface area contributed by atoms with E-state index in [1.807, 2.05) is 55.5 Å². The van der Waals surface area contributed by atoms with E-state index < -0.39 is 0 Å². The van der Waals surface area contributed by atoms with Crippen molar-refractivity contribution >= 4 is 5.91 Å². The summed E-state index contributed by atoms with van der Waals surface area (Å²) in [5.74, 6) is 0.683. The smallest absolute Gasteiger partial charge is 0.337 e. The molecule has 0 saturated heterocycles. The van der Waals surface area contributed by atoms with Gasteiger partial charge in [0.2, 0.25) is 11.7 Å². The van der Waals surface area contributed by atoms with Gasteiger partial charge in [-0.1, -0.05) is 65.3 Å². The average Bonchev–Trinajstić information content (AvgIpc) is 3.36. The molecule has 5 rings (SSSR count). The van der Waals surface area contributed by atoms with Crippen LogP contribution in [0.5, 0.6) is 0 Å². The molecule has 0 N–H and O–H groups in total. The summed E-state index contributed by atoms with van der Waals surface area (Å²) in [6.45, 7) is 3.37. The fraction of sp³-hybridized carbons (Fsp3) is 0.261. The number of carbonyl (C=O) groups excluding carboxylic acids is 1. The quantitative estimate of drug-likeness (QED) is 0.464. The summed E-state index contributed by atoms with van der Waals surface area (Å²) >= 11 is 0. The van der Waals surface area contributed by atoms with Crippen LogP contribution in [-0.4, -0.2) is 41.8 Å².